The molecule has 1 saturated heterocycles. The van der Waals surface area contributed by atoms with Gasteiger partial charge in [0.2, 0.25) is 0 Å². The first-order chi connectivity index (χ1) is 13.6. The first kappa shape index (κ1) is 18.3. The fraction of sp³-hybridized carbons (Fsp3) is 0.273. The molecule has 6 nitrogen and oxygen atoms in total. The second kappa shape index (κ2) is 7.86. The average molecular weight is 377 g/mol. The zero-order chi connectivity index (χ0) is 19.5. The van der Waals surface area contributed by atoms with Gasteiger partial charge in [0.15, 0.2) is 0 Å². The van der Waals surface area contributed by atoms with Crippen LogP contribution < -0.4 is 0 Å². The van der Waals surface area contributed by atoms with Crippen LogP contribution in [-0.2, 0) is 11.3 Å². The molecule has 0 saturated carbocycles. The van der Waals surface area contributed by atoms with Crippen LogP contribution in [0.2, 0.25) is 0 Å². The Morgan fingerprint density at radius 1 is 0.964 bits per heavy atom. The third-order valence-electron chi connectivity index (χ3n) is 5.19. The van der Waals surface area contributed by atoms with Gasteiger partial charge in [0.25, 0.3) is 5.91 Å². The maximum Gasteiger partial charge on any atom is 0.337 e. The van der Waals surface area contributed by atoms with E-state index in [9.17, 15) is 9.59 Å². The highest BCUT2D eigenvalue weighted by Crippen LogP contribution is 2.17. The second-order valence-corrected chi connectivity index (χ2v) is 7.02. The third-order valence-corrected chi connectivity index (χ3v) is 5.19. The van der Waals surface area contributed by atoms with Crippen LogP contribution in [0.25, 0.3) is 10.9 Å². The molecule has 1 N–H and O–H groups in total. The van der Waals surface area contributed by atoms with Gasteiger partial charge in [0.05, 0.1) is 12.7 Å². The Bertz CT molecular complexity index is 953. The van der Waals surface area contributed by atoms with E-state index in [1.54, 1.807) is 24.3 Å². The quantitative estimate of drug-likeness (QED) is 0.710. The number of aromatic amines is 1. The van der Waals surface area contributed by atoms with Gasteiger partial charge < -0.3 is 14.6 Å². The molecule has 0 spiro atoms. The number of hydrogen-bond acceptors (Lipinski definition) is 4. The van der Waals surface area contributed by atoms with Crippen molar-refractivity contribution in [3.05, 3.63) is 71.4 Å². The van der Waals surface area contributed by atoms with E-state index < -0.39 is 5.97 Å². The number of amides is 1. The molecule has 1 aliphatic heterocycles. The Hall–Kier alpha value is -3.12. The molecule has 1 aromatic heterocycles. The predicted octanol–water partition coefficient (Wildman–Crippen LogP) is 2.91. The number of carbonyl (C=O) groups is 2. The number of nitrogens with one attached hydrogen (secondary N) is 1. The summed E-state index contributed by atoms with van der Waals surface area (Å²) >= 11 is 0. The zero-order valence-corrected chi connectivity index (χ0v) is 15.9. The van der Waals surface area contributed by atoms with Crippen LogP contribution in [0.3, 0.4) is 0 Å². The van der Waals surface area contributed by atoms with Gasteiger partial charge in [-0.3, -0.25) is 9.69 Å². The van der Waals surface area contributed by atoms with E-state index in [2.05, 4.69) is 28.1 Å². The van der Waals surface area contributed by atoms with Crippen molar-refractivity contribution >= 4 is 22.8 Å². The fourth-order valence-corrected chi connectivity index (χ4v) is 3.62. The van der Waals surface area contributed by atoms with Crippen LogP contribution >= 0.6 is 0 Å². The Morgan fingerprint density at radius 3 is 2.32 bits per heavy atom. The molecule has 0 aliphatic carbocycles. The number of piperazine rings is 1. The number of benzene rings is 2. The topological polar surface area (TPSA) is 65.6 Å². The minimum absolute atomic E-state index is 0.00155. The lowest BCUT2D eigenvalue weighted by molar-refractivity contribution is 0.0596. The molecule has 4 rings (SSSR count). The summed E-state index contributed by atoms with van der Waals surface area (Å²) < 4.78 is 4.69. The standard InChI is InChI=1S/C22H23N3O3/c1-28-22(27)17-8-6-16(7-9-17)21(26)25-12-10-24(11-13-25)15-19-14-18-4-2-3-5-20(18)23-19/h2-9,14,23H,10-13,15H2,1H3. The molecule has 28 heavy (non-hydrogen) atoms. The Kier molecular flexibility index (Phi) is 5.12. The van der Waals surface area contributed by atoms with E-state index in [1.165, 1.54) is 18.2 Å². The first-order valence-corrected chi connectivity index (χ1v) is 9.40. The summed E-state index contributed by atoms with van der Waals surface area (Å²) in [6, 6.07) is 17.1. The highest BCUT2D eigenvalue weighted by Gasteiger charge is 2.22. The minimum Gasteiger partial charge on any atom is -0.465 e. The Labute approximate surface area is 163 Å². The molecule has 1 aliphatic rings. The number of methoxy groups -OCH3 is 1. The summed E-state index contributed by atoms with van der Waals surface area (Å²) in [5.74, 6) is -0.397. The predicted molar refractivity (Wildman–Crippen MR) is 107 cm³/mol. The van der Waals surface area contributed by atoms with Gasteiger partial charge in [-0.2, -0.15) is 0 Å². The Balaban J connectivity index is 1.34. The van der Waals surface area contributed by atoms with Crippen molar-refractivity contribution in [3.63, 3.8) is 0 Å². The van der Waals surface area contributed by atoms with Gasteiger partial charge in [0.1, 0.15) is 0 Å². The Morgan fingerprint density at radius 2 is 1.64 bits per heavy atom. The largest absolute Gasteiger partial charge is 0.465 e. The van der Waals surface area contributed by atoms with Gasteiger partial charge in [-0.15, -0.1) is 0 Å². The summed E-state index contributed by atoms with van der Waals surface area (Å²) in [6.07, 6.45) is 0. The van der Waals surface area contributed by atoms with Crippen molar-refractivity contribution < 1.29 is 14.3 Å². The van der Waals surface area contributed by atoms with Crippen molar-refractivity contribution in [2.24, 2.45) is 0 Å². The van der Waals surface area contributed by atoms with Gasteiger partial charge in [0, 0.05) is 49.5 Å². The molecule has 1 amide bonds. The monoisotopic (exact) mass is 377 g/mol. The normalized spacial score (nSPS) is 15.0. The van der Waals surface area contributed by atoms with Crippen molar-refractivity contribution in [1.29, 1.82) is 0 Å². The molecule has 0 atom stereocenters. The van der Waals surface area contributed by atoms with Crippen LogP contribution in [0.15, 0.2) is 54.6 Å². The van der Waals surface area contributed by atoms with E-state index in [-0.39, 0.29) is 5.91 Å². The number of esters is 1. The zero-order valence-electron chi connectivity index (χ0n) is 15.9. The highest BCUT2D eigenvalue weighted by atomic mass is 16.5. The summed E-state index contributed by atoms with van der Waals surface area (Å²) in [7, 11) is 1.34. The summed E-state index contributed by atoms with van der Waals surface area (Å²) in [5.41, 5.74) is 3.39. The van der Waals surface area contributed by atoms with Crippen LogP contribution in [-0.4, -0.2) is 59.9 Å². The molecular formula is C22H23N3O3. The summed E-state index contributed by atoms with van der Waals surface area (Å²) in [6.45, 7) is 3.91. The number of rotatable bonds is 4. The van der Waals surface area contributed by atoms with Crippen LogP contribution in [0, 0.1) is 0 Å². The average Bonchev–Trinajstić information content (AvgIpc) is 3.15. The lowest BCUT2D eigenvalue weighted by Crippen LogP contribution is -2.48. The maximum absolute atomic E-state index is 12.7. The smallest absolute Gasteiger partial charge is 0.337 e. The van der Waals surface area contributed by atoms with Gasteiger partial charge in [-0.05, 0) is 41.8 Å². The molecule has 6 heteroatoms. The fourth-order valence-electron chi connectivity index (χ4n) is 3.62. The van der Waals surface area contributed by atoms with E-state index in [4.69, 9.17) is 4.74 Å². The van der Waals surface area contributed by atoms with E-state index in [0.717, 1.165) is 25.2 Å². The van der Waals surface area contributed by atoms with Crippen LogP contribution in [0.5, 0.6) is 0 Å². The third kappa shape index (κ3) is 3.77. The molecule has 0 unspecified atom stereocenters. The molecule has 1 fully saturated rings. The highest BCUT2D eigenvalue weighted by molar-refractivity contribution is 5.96. The molecule has 0 bridgehead atoms. The first-order valence-electron chi connectivity index (χ1n) is 9.40. The summed E-state index contributed by atoms with van der Waals surface area (Å²) in [5, 5.41) is 1.22. The SMILES string of the molecule is COC(=O)c1ccc(C(=O)N2CCN(Cc3cc4ccccc4[nH]3)CC2)cc1. The molecule has 144 valence electrons. The molecule has 2 aromatic carbocycles. The summed E-state index contributed by atoms with van der Waals surface area (Å²) in [4.78, 5) is 31.9. The second-order valence-electron chi connectivity index (χ2n) is 7.02. The van der Waals surface area contributed by atoms with E-state index in [1.807, 2.05) is 17.0 Å². The van der Waals surface area contributed by atoms with Crippen molar-refractivity contribution in [3.8, 4) is 0 Å². The lowest BCUT2D eigenvalue weighted by Gasteiger charge is -2.34. The molecule has 0 radical (unpaired) electrons. The van der Waals surface area contributed by atoms with Crippen LogP contribution in [0.1, 0.15) is 26.4 Å². The lowest BCUT2D eigenvalue weighted by atomic mass is 10.1. The minimum atomic E-state index is -0.399. The van der Waals surface area contributed by atoms with E-state index in [0.29, 0.717) is 24.2 Å². The number of ether oxygens (including phenoxy) is 1. The molecule has 3 aromatic rings. The number of fused-ring (bicyclic) bond motifs is 1. The number of hydrogen-bond donors (Lipinski definition) is 1. The van der Waals surface area contributed by atoms with Crippen molar-refractivity contribution in [2.75, 3.05) is 33.3 Å². The maximum atomic E-state index is 12.7. The number of carbonyl (C=O) groups excluding carboxylic acids is 2. The van der Waals surface area contributed by atoms with Gasteiger partial charge in [-0.1, -0.05) is 18.2 Å². The van der Waals surface area contributed by atoms with E-state index >= 15 is 0 Å². The number of nitrogens with zero attached hydrogens (tertiary/aromatic N) is 2. The van der Waals surface area contributed by atoms with Gasteiger partial charge in [-0.25, -0.2) is 4.79 Å². The van der Waals surface area contributed by atoms with Crippen molar-refractivity contribution in [1.82, 2.24) is 14.8 Å². The molecular weight excluding hydrogens is 354 g/mol. The number of aromatic nitrogens is 1. The van der Waals surface area contributed by atoms with Gasteiger partial charge >= 0.3 is 5.97 Å². The van der Waals surface area contributed by atoms with Crippen molar-refractivity contribution in [2.45, 2.75) is 6.54 Å². The molecule has 2 heterocycles. The number of H-pyrrole nitrogens is 1. The van der Waals surface area contributed by atoms with Crippen LogP contribution in [0.4, 0.5) is 0 Å². The number of para-hydroxylation sites is 1.